The smallest absolute Gasteiger partial charge is 0.305 e. The molecule has 0 spiro atoms. The van der Waals surface area contributed by atoms with Crippen molar-refractivity contribution >= 4 is 11.9 Å². The molecule has 1 fully saturated rings. The minimum atomic E-state index is -1.58. The summed E-state index contributed by atoms with van der Waals surface area (Å²) < 4.78 is 16.7. The Labute approximate surface area is 416 Å². The highest BCUT2D eigenvalue weighted by atomic mass is 16.7. The van der Waals surface area contributed by atoms with Gasteiger partial charge in [0.1, 0.15) is 24.4 Å². The number of amides is 1. The topological polar surface area (TPSA) is 175 Å². The van der Waals surface area contributed by atoms with Crippen LogP contribution in [-0.4, -0.2) is 100 Å². The molecule has 0 radical (unpaired) electrons. The van der Waals surface area contributed by atoms with Gasteiger partial charge in [-0.25, -0.2) is 0 Å². The molecule has 1 saturated heterocycles. The SMILES string of the molecule is CCCCC/C=C/CC/C=C/C(O)C(COC1OC(CO)C(O)C(O)C1O)NC(=O)CCCCCCCCCCCCCCCCOC(=O)CCCCCCCCCCCCCCCCCCC. The van der Waals surface area contributed by atoms with E-state index in [1.807, 2.05) is 6.08 Å². The Balaban J connectivity index is 2.05. The van der Waals surface area contributed by atoms with E-state index in [2.05, 4.69) is 31.3 Å². The molecule has 0 bridgehead atoms. The van der Waals surface area contributed by atoms with Gasteiger partial charge in [-0.1, -0.05) is 231 Å². The molecule has 0 saturated carbocycles. The van der Waals surface area contributed by atoms with Gasteiger partial charge in [-0.2, -0.15) is 0 Å². The molecule has 7 atom stereocenters. The van der Waals surface area contributed by atoms with E-state index in [0.717, 1.165) is 70.6 Å². The molecule has 1 aliphatic heterocycles. The Kier molecular flexibility index (Phi) is 44.8. The quantitative estimate of drug-likeness (QED) is 0.0196. The highest BCUT2D eigenvalue weighted by molar-refractivity contribution is 5.76. The molecule has 0 aliphatic carbocycles. The highest BCUT2D eigenvalue weighted by Gasteiger charge is 2.44. The minimum absolute atomic E-state index is 0.0201. The number of hydrogen-bond donors (Lipinski definition) is 6. The minimum Gasteiger partial charge on any atom is -0.466 e. The standard InChI is InChI=1S/C57H107NO10/c1-3-5-7-9-11-13-14-15-16-17-18-22-25-29-33-37-41-45-53(62)66-46-42-38-34-30-26-23-20-19-21-24-28-32-36-40-44-52(61)58-49(50(60)43-39-35-31-27-12-10-8-6-4-2)48-67-57-56(65)55(64)54(63)51(47-59)68-57/h12,27,39,43,49-51,54-57,59-60,63-65H,3-11,13-26,28-38,40-42,44-48H2,1-2H3,(H,58,61)/b27-12+,43-39+. The first-order valence-electron chi connectivity index (χ1n) is 28.6. The lowest BCUT2D eigenvalue weighted by atomic mass is 9.99. The van der Waals surface area contributed by atoms with Crippen LogP contribution >= 0.6 is 0 Å². The van der Waals surface area contributed by atoms with Gasteiger partial charge in [0.2, 0.25) is 5.91 Å². The van der Waals surface area contributed by atoms with Crippen LogP contribution in [0.1, 0.15) is 264 Å². The van der Waals surface area contributed by atoms with Gasteiger partial charge in [0.25, 0.3) is 0 Å². The van der Waals surface area contributed by atoms with Crippen molar-refractivity contribution in [3.05, 3.63) is 24.3 Å². The molecule has 1 amide bonds. The third-order valence-corrected chi connectivity index (χ3v) is 13.6. The number of ether oxygens (including phenoxy) is 3. The van der Waals surface area contributed by atoms with E-state index in [4.69, 9.17) is 14.2 Å². The maximum atomic E-state index is 13.0. The molecule has 0 aromatic rings. The lowest BCUT2D eigenvalue weighted by molar-refractivity contribution is -0.302. The summed E-state index contributed by atoms with van der Waals surface area (Å²) in [5.41, 5.74) is 0. The second-order valence-corrected chi connectivity index (χ2v) is 20.0. The van der Waals surface area contributed by atoms with E-state index in [1.165, 1.54) is 167 Å². The van der Waals surface area contributed by atoms with Gasteiger partial charge in [-0.05, 0) is 44.9 Å². The third kappa shape index (κ3) is 37.0. The monoisotopic (exact) mass is 966 g/mol. The zero-order valence-corrected chi connectivity index (χ0v) is 43.8. The van der Waals surface area contributed by atoms with Crippen molar-refractivity contribution in [1.82, 2.24) is 5.32 Å². The molecule has 1 rings (SSSR count). The third-order valence-electron chi connectivity index (χ3n) is 13.6. The number of rotatable bonds is 49. The van der Waals surface area contributed by atoms with Gasteiger partial charge >= 0.3 is 5.97 Å². The van der Waals surface area contributed by atoms with Crippen LogP contribution in [0, 0.1) is 0 Å². The Hall–Kier alpha value is -1.86. The number of carbonyl (C=O) groups is 2. The number of nitrogens with one attached hydrogen (secondary N) is 1. The maximum Gasteiger partial charge on any atom is 0.305 e. The van der Waals surface area contributed by atoms with Crippen LogP contribution in [0.5, 0.6) is 0 Å². The van der Waals surface area contributed by atoms with Crippen molar-refractivity contribution < 1.29 is 49.3 Å². The summed E-state index contributed by atoms with van der Waals surface area (Å²) in [5.74, 6) is -0.224. The summed E-state index contributed by atoms with van der Waals surface area (Å²) in [4.78, 5) is 25.1. The maximum absolute atomic E-state index is 13.0. The van der Waals surface area contributed by atoms with Gasteiger partial charge in [0, 0.05) is 12.8 Å². The van der Waals surface area contributed by atoms with Crippen molar-refractivity contribution in [3.8, 4) is 0 Å². The summed E-state index contributed by atoms with van der Waals surface area (Å²) in [7, 11) is 0. The number of allylic oxidation sites excluding steroid dienone is 3. The molecular formula is C57H107NO10. The van der Waals surface area contributed by atoms with E-state index in [9.17, 15) is 35.1 Å². The first-order valence-corrected chi connectivity index (χ1v) is 28.6. The van der Waals surface area contributed by atoms with E-state index in [-0.39, 0.29) is 18.5 Å². The van der Waals surface area contributed by atoms with Crippen LogP contribution in [-0.2, 0) is 23.8 Å². The second kappa shape index (κ2) is 47.5. The van der Waals surface area contributed by atoms with Crippen molar-refractivity contribution in [2.24, 2.45) is 0 Å². The number of esters is 1. The Morgan fingerprint density at radius 3 is 1.46 bits per heavy atom. The Morgan fingerprint density at radius 1 is 0.529 bits per heavy atom. The van der Waals surface area contributed by atoms with Crippen LogP contribution in [0.3, 0.4) is 0 Å². The highest BCUT2D eigenvalue weighted by Crippen LogP contribution is 2.23. The van der Waals surface area contributed by atoms with E-state index in [0.29, 0.717) is 19.4 Å². The number of aliphatic hydroxyl groups is 5. The van der Waals surface area contributed by atoms with Gasteiger partial charge in [-0.15, -0.1) is 0 Å². The second-order valence-electron chi connectivity index (χ2n) is 20.0. The largest absolute Gasteiger partial charge is 0.466 e. The molecule has 7 unspecified atom stereocenters. The van der Waals surface area contributed by atoms with Crippen LogP contribution in [0.2, 0.25) is 0 Å². The van der Waals surface area contributed by atoms with Gasteiger partial charge in [0.05, 0.1) is 32.0 Å². The van der Waals surface area contributed by atoms with Gasteiger partial charge in [0.15, 0.2) is 6.29 Å². The molecule has 6 N–H and O–H groups in total. The number of unbranched alkanes of at least 4 members (excludes halogenated alkanes) is 33. The summed E-state index contributed by atoms with van der Waals surface area (Å²) in [5, 5.41) is 54.1. The molecule has 1 heterocycles. The average Bonchev–Trinajstić information content (AvgIpc) is 3.33. The lowest BCUT2D eigenvalue weighted by Crippen LogP contribution is -2.60. The predicted molar refractivity (Wildman–Crippen MR) is 278 cm³/mol. The molecule has 1 aliphatic rings. The fourth-order valence-electron chi connectivity index (χ4n) is 8.98. The van der Waals surface area contributed by atoms with Gasteiger partial charge < -0.3 is 45.1 Å². The van der Waals surface area contributed by atoms with Gasteiger partial charge in [-0.3, -0.25) is 9.59 Å². The van der Waals surface area contributed by atoms with Crippen LogP contribution in [0.25, 0.3) is 0 Å². The van der Waals surface area contributed by atoms with Crippen LogP contribution in [0.4, 0.5) is 0 Å². The Morgan fingerprint density at radius 2 is 0.956 bits per heavy atom. The first-order chi connectivity index (χ1) is 33.2. The van der Waals surface area contributed by atoms with Crippen molar-refractivity contribution in [1.29, 1.82) is 0 Å². The summed E-state index contributed by atoms with van der Waals surface area (Å²) in [6.07, 6.45) is 45.7. The molecule has 68 heavy (non-hydrogen) atoms. The summed E-state index contributed by atoms with van der Waals surface area (Å²) >= 11 is 0. The molecular weight excluding hydrogens is 859 g/mol. The van der Waals surface area contributed by atoms with Crippen molar-refractivity contribution in [2.75, 3.05) is 19.8 Å². The van der Waals surface area contributed by atoms with Crippen LogP contribution < -0.4 is 5.32 Å². The molecule has 11 nitrogen and oxygen atoms in total. The normalized spacial score (nSPS) is 19.5. The number of aliphatic hydroxyl groups excluding tert-OH is 5. The Bertz CT molecular complexity index is 1180. The van der Waals surface area contributed by atoms with E-state index < -0.39 is 49.5 Å². The lowest BCUT2D eigenvalue weighted by Gasteiger charge is -2.40. The molecule has 0 aromatic heterocycles. The van der Waals surface area contributed by atoms with Crippen molar-refractivity contribution in [2.45, 2.75) is 307 Å². The number of carbonyl (C=O) groups excluding carboxylic acids is 2. The predicted octanol–water partition coefficient (Wildman–Crippen LogP) is 12.6. The number of hydrogen-bond acceptors (Lipinski definition) is 10. The zero-order chi connectivity index (χ0) is 49.6. The van der Waals surface area contributed by atoms with E-state index in [1.54, 1.807) is 6.08 Å². The molecule has 400 valence electrons. The average molecular weight is 966 g/mol. The molecule has 0 aromatic carbocycles. The fraction of sp³-hybridized carbons (Fsp3) is 0.895. The molecule has 11 heteroatoms. The summed E-state index contributed by atoms with van der Waals surface area (Å²) in [6.45, 7) is 4.25. The summed E-state index contributed by atoms with van der Waals surface area (Å²) in [6, 6.07) is -0.833. The van der Waals surface area contributed by atoms with Crippen LogP contribution in [0.15, 0.2) is 24.3 Å². The zero-order valence-electron chi connectivity index (χ0n) is 43.8. The first kappa shape index (κ1) is 64.2. The van der Waals surface area contributed by atoms with Crippen molar-refractivity contribution in [3.63, 3.8) is 0 Å². The fourth-order valence-corrected chi connectivity index (χ4v) is 8.98. The van der Waals surface area contributed by atoms with E-state index >= 15 is 0 Å².